The van der Waals surface area contributed by atoms with Crippen molar-refractivity contribution >= 4 is 12.1 Å². The van der Waals surface area contributed by atoms with Gasteiger partial charge in [-0.1, -0.05) is 0 Å². The number of carbonyl (C=O) groups excluding carboxylic acids is 1. The second kappa shape index (κ2) is 10.2. The number of benzene rings is 1. The molecule has 8 nitrogen and oxygen atoms in total. The smallest absolute Gasteiger partial charge is 0.314 e. The first-order chi connectivity index (χ1) is 16.4. The van der Waals surface area contributed by atoms with Crippen molar-refractivity contribution in [3.63, 3.8) is 0 Å². The van der Waals surface area contributed by atoms with Crippen molar-refractivity contribution in [1.29, 1.82) is 0 Å². The zero-order chi connectivity index (χ0) is 24.2. The van der Waals surface area contributed by atoms with Gasteiger partial charge in [-0.25, -0.2) is 4.39 Å². The van der Waals surface area contributed by atoms with Gasteiger partial charge in [-0.2, -0.15) is 8.78 Å². The van der Waals surface area contributed by atoms with Gasteiger partial charge in [-0.05, 0) is 62.7 Å². The molecular weight excluding hydrogens is 451 g/mol. The normalized spacial score (nSPS) is 15.0. The Bertz CT molecular complexity index is 1130. The number of amides is 1. The standard InChI is InChI=1S/C23H24F3N5O3/c1-30-7-5-14(6-8-30)17-9-20(33-2)19(10-18(17)24)31(13-32)12-16-4-3-15(11-27-16)22-28-29-23(34-22)21(25)26/h3-4,9-11,13-14,21H,5-8,12H2,1-2H3. The van der Waals surface area contributed by atoms with E-state index in [0.29, 0.717) is 29.0 Å². The number of methoxy groups -OCH3 is 1. The number of nitrogens with zero attached hydrogens (tertiary/aromatic N) is 5. The summed E-state index contributed by atoms with van der Waals surface area (Å²) in [6, 6.07) is 6.15. The molecule has 1 fully saturated rings. The Morgan fingerprint density at radius 3 is 2.62 bits per heavy atom. The maximum Gasteiger partial charge on any atom is 0.314 e. The van der Waals surface area contributed by atoms with Crippen LogP contribution in [0, 0.1) is 5.82 Å². The van der Waals surface area contributed by atoms with Gasteiger partial charge < -0.3 is 19.0 Å². The quantitative estimate of drug-likeness (QED) is 0.452. The number of aromatic nitrogens is 3. The van der Waals surface area contributed by atoms with Gasteiger partial charge in [0.2, 0.25) is 12.3 Å². The summed E-state index contributed by atoms with van der Waals surface area (Å²) < 4.78 is 50.8. The molecule has 34 heavy (non-hydrogen) atoms. The van der Waals surface area contributed by atoms with Crippen molar-refractivity contribution in [3.8, 4) is 17.2 Å². The molecule has 0 radical (unpaired) electrons. The Morgan fingerprint density at radius 2 is 2.03 bits per heavy atom. The van der Waals surface area contributed by atoms with Gasteiger partial charge in [-0.3, -0.25) is 9.78 Å². The minimum Gasteiger partial charge on any atom is -0.495 e. The molecule has 3 aromatic rings. The van der Waals surface area contributed by atoms with Crippen molar-refractivity contribution < 1.29 is 27.1 Å². The number of alkyl halides is 2. The summed E-state index contributed by atoms with van der Waals surface area (Å²) in [6.07, 6.45) is 0.790. The molecule has 180 valence electrons. The fourth-order valence-corrected chi connectivity index (χ4v) is 4.02. The van der Waals surface area contributed by atoms with Crippen molar-refractivity contribution in [3.05, 3.63) is 53.4 Å². The van der Waals surface area contributed by atoms with Crippen molar-refractivity contribution in [1.82, 2.24) is 20.1 Å². The SMILES string of the molecule is COc1cc(C2CCN(C)CC2)c(F)cc1N(C=O)Cc1ccc(-c2nnc(C(F)F)o2)cn1. The highest BCUT2D eigenvalue weighted by molar-refractivity contribution is 5.79. The number of pyridine rings is 1. The molecule has 0 aliphatic carbocycles. The number of hydrogen-bond donors (Lipinski definition) is 0. The van der Waals surface area contributed by atoms with E-state index in [2.05, 4.69) is 20.1 Å². The van der Waals surface area contributed by atoms with Crippen LogP contribution in [0.25, 0.3) is 11.5 Å². The molecule has 0 atom stereocenters. The Labute approximate surface area is 194 Å². The van der Waals surface area contributed by atoms with Gasteiger partial charge in [0.1, 0.15) is 11.6 Å². The van der Waals surface area contributed by atoms with Crippen LogP contribution in [0.15, 0.2) is 34.9 Å². The lowest BCUT2D eigenvalue weighted by Crippen LogP contribution is -2.29. The molecule has 0 spiro atoms. The van der Waals surface area contributed by atoms with Crippen LogP contribution in [0.1, 0.15) is 42.3 Å². The monoisotopic (exact) mass is 475 g/mol. The van der Waals surface area contributed by atoms with Crippen LogP contribution < -0.4 is 9.64 Å². The second-order valence-corrected chi connectivity index (χ2v) is 8.14. The number of carbonyl (C=O) groups is 1. The largest absolute Gasteiger partial charge is 0.495 e. The summed E-state index contributed by atoms with van der Waals surface area (Å²) in [5.41, 5.74) is 1.71. The Kier molecular flexibility index (Phi) is 7.11. The first-order valence-electron chi connectivity index (χ1n) is 10.7. The number of rotatable bonds is 8. The van der Waals surface area contributed by atoms with Gasteiger partial charge >= 0.3 is 6.43 Å². The van der Waals surface area contributed by atoms with Crippen LogP contribution in [0.2, 0.25) is 0 Å². The molecule has 3 heterocycles. The highest BCUT2D eigenvalue weighted by Crippen LogP contribution is 2.37. The zero-order valence-corrected chi connectivity index (χ0v) is 18.7. The third kappa shape index (κ3) is 5.04. The van der Waals surface area contributed by atoms with Gasteiger partial charge in [0.15, 0.2) is 0 Å². The average molecular weight is 475 g/mol. The number of hydrogen-bond acceptors (Lipinski definition) is 7. The van der Waals surface area contributed by atoms with Gasteiger partial charge in [0, 0.05) is 12.3 Å². The molecule has 1 aliphatic heterocycles. The number of likely N-dealkylation sites (tertiary alicyclic amines) is 1. The van der Waals surface area contributed by atoms with Crippen LogP contribution >= 0.6 is 0 Å². The predicted molar refractivity (Wildman–Crippen MR) is 117 cm³/mol. The first kappa shape index (κ1) is 23.7. The number of halogens is 3. The minimum atomic E-state index is -2.86. The molecule has 1 aliphatic rings. The first-order valence-corrected chi connectivity index (χ1v) is 10.7. The lowest BCUT2D eigenvalue weighted by atomic mass is 9.89. The third-order valence-electron chi connectivity index (χ3n) is 5.92. The minimum absolute atomic E-state index is 0.0409. The fraction of sp³-hybridized carbons (Fsp3) is 0.391. The Morgan fingerprint density at radius 1 is 1.26 bits per heavy atom. The van der Waals surface area contributed by atoms with E-state index in [-0.39, 0.29) is 29.9 Å². The number of ether oxygens (including phenoxy) is 1. The highest BCUT2D eigenvalue weighted by Gasteiger charge is 2.25. The molecule has 0 bridgehead atoms. The predicted octanol–water partition coefficient (Wildman–Crippen LogP) is 4.19. The molecule has 0 N–H and O–H groups in total. The molecule has 1 amide bonds. The zero-order valence-electron chi connectivity index (χ0n) is 18.7. The fourth-order valence-electron chi connectivity index (χ4n) is 4.02. The van der Waals surface area contributed by atoms with Crippen LogP contribution in [0.3, 0.4) is 0 Å². The van der Waals surface area contributed by atoms with E-state index >= 15 is 4.39 Å². The van der Waals surface area contributed by atoms with E-state index in [4.69, 9.17) is 9.15 Å². The lowest BCUT2D eigenvalue weighted by molar-refractivity contribution is -0.107. The maximum atomic E-state index is 15.1. The summed E-state index contributed by atoms with van der Waals surface area (Å²) >= 11 is 0. The van der Waals surface area contributed by atoms with Crippen LogP contribution in [0.4, 0.5) is 18.9 Å². The van der Waals surface area contributed by atoms with E-state index < -0.39 is 12.3 Å². The molecule has 1 saturated heterocycles. The van der Waals surface area contributed by atoms with Crippen LogP contribution in [-0.4, -0.2) is 53.7 Å². The summed E-state index contributed by atoms with van der Waals surface area (Å²) in [6.45, 7) is 1.83. The molecular formula is C23H24F3N5O3. The average Bonchev–Trinajstić information content (AvgIpc) is 3.34. The highest BCUT2D eigenvalue weighted by atomic mass is 19.3. The van der Waals surface area contributed by atoms with E-state index in [1.54, 1.807) is 18.2 Å². The molecule has 0 unspecified atom stereocenters. The molecule has 11 heteroatoms. The van der Waals surface area contributed by atoms with E-state index in [0.717, 1.165) is 25.9 Å². The summed E-state index contributed by atoms with van der Waals surface area (Å²) in [5.74, 6) is -0.761. The van der Waals surface area contributed by atoms with Crippen LogP contribution in [-0.2, 0) is 11.3 Å². The van der Waals surface area contributed by atoms with Crippen molar-refractivity contribution in [2.24, 2.45) is 0 Å². The Hall–Kier alpha value is -3.47. The summed E-state index contributed by atoms with van der Waals surface area (Å²) in [7, 11) is 3.52. The molecule has 4 rings (SSSR count). The number of piperidine rings is 1. The van der Waals surface area contributed by atoms with Gasteiger partial charge in [0.25, 0.3) is 5.89 Å². The number of anilines is 1. The van der Waals surface area contributed by atoms with E-state index in [9.17, 15) is 13.6 Å². The van der Waals surface area contributed by atoms with Gasteiger partial charge in [-0.15, -0.1) is 10.2 Å². The molecule has 2 aromatic heterocycles. The van der Waals surface area contributed by atoms with Crippen molar-refractivity contribution in [2.45, 2.75) is 31.7 Å². The summed E-state index contributed by atoms with van der Waals surface area (Å²) in [4.78, 5) is 19.6. The van der Waals surface area contributed by atoms with Gasteiger partial charge in [0.05, 0.1) is 30.6 Å². The van der Waals surface area contributed by atoms with E-state index in [1.807, 2.05) is 7.05 Å². The summed E-state index contributed by atoms with van der Waals surface area (Å²) in [5, 5.41) is 6.87. The van der Waals surface area contributed by atoms with Crippen LogP contribution in [0.5, 0.6) is 5.75 Å². The third-order valence-corrected chi connectivity index (χ3v) is 5.92. The molecule has 0 saturated carbocycles. The maximum absolute atomic E-state index is 15.1. The van der Waals surface area contributed by atoms with E-state index in [1.165, 1.54) is 24.3 Å². The second-order valence-electron chi connectivity index (χ2n) is 8.14. The molecule has 1 aromatic carbocycles. The Balaban J connectivity index is 1.53. The topological polar surface area (TPSA) is 84.6 Å². The van der Waals surface area contributed by atoms with Crippen molar-refractivity contribution in [2.75, 3.05) is 32.1 Å². The lowest BCUT2D eigenvalue weighted by Gasteiger charge is -2.30.